The molecular formula is C10H15N3O3S. The zero-order valence-corrected chi connectivity index (χ0v) is 11.0. The van der Waals surface area contributed by atoms with Crippen molar-refractivity contribution in [3.8, 4) is 0 Å². The Morgan fingerprint density at radius 1 is 1.53 bits per heavy atom. The Morgan fingerprint density at radius 2 is 2.12 bits per heavy atom. The summed E-state index contributed by atoms with van der Waals surface area (Å²) in [7, 11) is 1.43. The fourth-order valence-corrected chi connectivity index (χ4v) is 1.64. The number of hydrogen-bond donors (Lipinski definition) is 2. The highest BCUT2D eigenvalue weighted by Crippen LogP contribution is 2.19. The number of nitrogens with one attached hydrogen (secondary N) is 1. The second-order valence-electron chi connectivity index (χ2n) is 4.13. The normalized spacial score (nSPS) is 11.1. The Morgan fingerprint density at radius 3 is 2.53 bits per heavy atom. The van der Waals surface area contributed by atoms with Crippen LogP contribution in [0.15, 0.2) is 6.20 Å². The molecule has 0 fully saturated rings. The van der Waals surface area contributed by atoms with Gasteiger partial charge in [-0.1, -0.05) is 0 Å². The molecule has 7 heteroatoms. The van der Waals surface area contributed by atoms with Gasteiger partial charge in [0.15, 0.2) is 5.13 Å². The minimum absolute atomic E-state index is 0.459. The third kappa shape index (κ3) is 2.94. The fourth-order valence-electron chi connectivity index (χ4n) is 0.985. The summed E-state index contributed by atoms with van der Waals surface area (Å²) in [5.74, 6) is -1.06. The van der Waals surface area contributed by atoms with Crippen LogP contribution in [-0.4, -0.2) is 39.6 Å². The molecule has 1 aromatic heterocycles. The van der Waals surface area contributed by atoms with Crippen LogP contribution < -0.4 is 5.32 Å². The summed E-state index contributed by atoms with van der Waals surface area (Å²) in [4.78, 5) is 28.9. The molecule has 6 nitrogen and oxygen atoms in total. The highest BCUT2D eigenvalue weighted by atomic mass is 32.1. The molecule has 0 atom stereocenters. The lowest BCUT2D eigenvalue weighted by molar-refractivity contribution is -0.146. The number of aryl methyl sites for hydroxylation is 1. The molecule has 1 heterocycles. The van der Waals surface area contributed by atoms with Crippen molar-refractivity contribution < 1.29 is 14.7 Å². The van der Waals surface area contributed by atoms with Crippen LogP contribution in [0, 0.1) is 6.92 Å². The van der Waals surface area contributed by atoms with Crippen LogP contribution in [0.1, 0.15) is 18.7 Å². The van der Waals surface area contributed by atoms with Gasteiger partial charge >= 0.3 is 12.0 Å². The van der Waals surface area contributed by atoms with Gasteiger partial charge in [-0.15, -0.1) is 11.3 Å². The van der Waals surface area contributed by atoms with E-state index in [-0.39, 0.29) is 0 Å². The number of carbonyl (C=O) groups excluding carboxylic acids is 1. The second-order valence-corrected chi connectivity index (χ2v) is 5.36. The third-order valence-corrected chi connectivity index (χ3v) is 3.33. The Bertz CT molecular complexity index is 442. The van der Waals surface area contributed by atoms with Crippen LogP contribution in [0.5, 0.6) is 0 Å². The van der Waals surface area contributed by atoms with E-state index >= 15 is 0 Å². The van der Waals surface area contributed by atoms with Crippen LogP contribution in [-0.2, 0) is 4.79 Å². The zero-order chi connectivity index (χ0) is 13.2. The summed E-state index contributed by atoms with van der Waals surface area (Å²) in [5.41, 5.74) is -1.27. The van der Waals surface area contributed by atoms with Crippen LogP contribution in [0.3, 0.4) is 0 Å². The van der Waals surface area contributed by atoms with Gasteiger partial charge in [-0.25, -0.2) is 14.6 Å². The van der Waals surface area contributed by atoms with Crippen molar-refractivity contribution >= 4 is 28.5 Å². The summed E-state index contributed by atoms with van der Waals surface area (Å²) in [5, 5.41) is 12.0. The molecule has 0 radical (unpaired) electrons. The van der Waals surface area contributed by atoms with Crippen LogP contribution in [0.25, 0.3) is 0 Å². The number of urea groups is 1. The van der Waals surface area contributed by atoms with E-state index in [0.29, 0.717) is 5.13 Å². The number of carboxylic acids is 1. The van der Waals surface area contributed by atoms with Crippen molar-refractivity contribution in [2.75, 3.05) is 12.4 Å². The van der Waals surface area contributed by atoms with Crippen molar-refractivity contribution in [2.45, 2.75) is 26.3 Å². The molecule has 0 unspecified atom stereocenters. The molecule has 0 aliphatic carbocycles. The minimum Gasteiger partial charge on any atom is -0.480 e. The maximum atomic E-state index is 11.8. The van der Waals surface area contributed by atoms with Gasteiger partial charge in [-0.05, 0) is 20.8 Å². The quantitative estimate of drug-likeness (QED) is 0.864. The van der Waals surface area contributed by atoms with E-state index in [0.717, 1.165) is 9.78 Å². The molecule has 0 aliphatic heterocycles. The Kier molecular flexibility index (Phi) is 3.72. The number of aromatic nitrogens is 1. The zero-order valence-electron chi connectivity index (χ0n) is 10.1. The third-order valence-electron chi connectivity index (χ3n) is 2.50. The van der Waals surface area contributed by atoms with E-state index < -0.39 is 17.5 Å². The number of thiazole rings is 1. The Labute approximate surface area is 103 Å². The molecule has 2 amide bonds. The highest BCUT2D eigenvalue weighted by Gasteiger charge is 2.35. The number of carbonyl (C=O) groups is 2. The average molecular weight is 257 g/mol. The van der Waals surface area contributed by atoms with E-state index in [4.69, 9.17) is 5.11 Å². The lowest BCUT2D eigenvalue weighted by Crippen LogP contribution is -2.52. The van der Waals surface area contributed by atoms with E-state index in [9.17, 15) is 9.59 Å². The SMILES string of the molecule is Cc1cnc(NC(=O)N(C)C(C)(C)C(=O)O)s1. The molecule has 0 bridgehead atoms. The molecule has 0 saturated carbocycles. The number of carboxylic acid groups (broad SMARTS) is 1. The molecule has 0 saturated heterocycles. The molecule has 17 heavy (non-hydrogen) atoms. The number of hydrogen-bond acceptors (Lipinski definition) is 4. The summed E-state index contributed by atoms with van der Waals surface area (Å²) in [6, 6.07) is -0.494. The summed E-state index contributed by atoms with van der Waals surface area (Å²) in [6.07, 6.45) is 1.64. The van der Waals surface area contributed by atoms with Crippen LogP contribution in [0.4, 0.5) is 9.93 Å². The van der Waals surface area contributed by atoms with Crippen LogP contribution >= 0.6 is 11.3 Å². The number of amides is 2. The highest BCUT2D eigenvalue weighted by molar-refractivity contribution is 7.15. The molecule has 0 aliphatic rings. The van der Waals surface area contributed by atoms with E-state index in [2.05, 4.69) is 10.3 Å². The summed E-state index contributed by atoms with van der Waals surface area (Å²) in [6.45, 7) is 4.79. The van der Waals surface area contributed by atoms with E-state index in [1.165, 1.54) is 32.2 Å². The topological polar surface area (TPSA) is 82.5 Å². The number of anilines is 1. The second kappa shape index (κ2) is 4.70. The molecule has 94 valence electrons. The molecule has 1 aromatic rings. The molecule has 0 aromatic carbocycles. The maximum Gasteiger partial charge on any atom is 0.329 e. The molecular weight excluding hydrogens is 242 g/mol. The fraction of sp³-hybridized carbons (Fsp3) is 0.500. The van der Waals surface area contributed by atoms with Gasteiger partial charge < -0.3 is 10.0 Å². The lowest BCUT2D eigenvalue weighted by atomic mass is 10.1. The van der Waals surface area contributed by atoms with E-state index in [1.807, 2.05) is 6.92 Å². The smallest absolute Gasteiger partial charge is 0.329 e. The average Bonchev–Trinajstić information content (AvgIpc) is 2.62. The monoisotopic (exact) mass is 257 g/mol. The number of aliphatic carboxylic acids is 1. The Hall–Kier alpha value is -1.63. The van der Waals surface area contributed by atoms with E-state index in [1.54, 1.807) is 6.20 Å². The van der Waals surface area contributed by atoms with Gasteiger partial charge in [0.25, 0.3) is 0 Å². The predicted molar refractivity (Wildman–Crippen MR) is 65.3 cm³/mol. The number of nitrogens with zero attached hydrogens (tertiary/aromatic N) is 2. The summed E-state index contributed by atoms with van der Waals surface area (Å²) >= 11 is 1.34. The van der Waals surface area contributed by atoms with Crippen molar-refractivity contribution in [1.29, 1.82) is 0 Å². The lowest BCUT2D eigenvalue weighted by Gasteiger charge is -2.31. The molecule has 0 spiro atoms. The van der Waals surface area contributed by atoms with Crippen molar-refractivity contribution in [1.82, 2.24) is 9.88 Å². The van der Waals surface area contributed by atoms with Crippen LogP contribution in [0.2, 0.25) is 0 Å². The molecule has 2 N–H and O–H groups in total. The van der Waals surface area contributed by atoms with Gasteiger partial charge in [-0.3, -0.25) is 5.32 Å². The number of rotatable bonds is 3. The largest absolute Gasteiger partial charge is 0.480 e. The van der Waals surface area contributed by atoms with Gasteiger partial charge in [-0.2, -0.15) is 0 Å². The van der Waals surface area contributed by atoms with Gasteiger partial charge in [0.1, 0.15) is 5.54 Å². The first-order valence-electron chi connectivity index (χ1n) is 4.96. The van der Waals surface area contributed by atoms with Crippen molar-refractivity contribution in [3.05, 3.63) is 11.1 Å². The molecule has 1 rings (SSSR count). The van der Waals surface area contributed by atoms with Crippen molar-refractivity contribution in [3.63, 3.8) is 0 Å². The number of likely N-dealkylation sites (N-methyl/N-ethyl adjacent to an activating group) is 1. The van der Waals surface area contributed by atoms with Gasteiger partial charge in [0, 0.05) is 18.1 Å². The predicted octanol–water partition coefficient (Wildman–Crippen LogP) is 1.78. The van der Waals surface area contributed by atoms with Crippen molar-refractivity contribution in [2.24, 2.45) is 0 Å². The maximum absolute atomic E-state index is 11.8. The first-order chi connectivity index (χ1) is 7.75. The van der Waals surface area contributed by atoms with Gasteiger partial charge in [0.05, 0.1) is 0 Å². The first-order valence-corrected chi connectivity index (χ1v) is 5.77. The minimum atomic E-state index is -1.27. The Balaban J connectivity index is 2.74. The standard InChI is InChI=1S/C10H15N3O3S/c1-6-5-11-8(17-6)12-9(16)13(4)10(2,3)7(14)15/h5H,1-4H3,(H,14,15)(H,11,12,16). The summed E-state index contributed by atoms with van der Waals surface area (Å²) < 4.78 is 0. The first kappa shape index (κ1) is 13.4. The van der Waals surface area contributed by atoms with Gasteiger partial charge in [0.2, 0.25) is 0 Å².